The van der Waals surface area contributed by atoms with Gasteiger partial charge in [0.2, 0.25) is 0 Å². The van der Waals surface area contributed by atoms with Crippen LogP contribution in [0.2, 0.25) is 0 Å². The summed E-state index contributed by atoms with van der Waals surface area (Å²) in [6, 6.07) is 0. The molecule has 0 atom stereocenters. The fourth-order valence-corrected chi connectivity index (χ4v) is 19.2. The van der Waals surface area contributed by atoms with Crippen molar-refractivity contribution < 1.29 is 0 Å². The Bertz CT molecular complexity index is 1370. The Morgan fingerprint density at radius 3 is 0.426 bits per heavy atom. The van der Waals surface area contributed by atoms with Crippen molar-refractivity contribution in [1.29, 1.82) is 0 Å². The molecule has 0 saturated heterocycles. The van der Waals surface area contributed by atoms with E-state index in [2.05, 4.69) is 67.2 Å². The zero-order chi connectivity index (χ0) is 73.3. The van der Waals surface area contributed by atoms with Crippen molar-refractivity contribution in [3.63, 3.8) is 0 Å². The first-order valence-electron chi connectivity index (χ1n) is 49.7. The third kappa shape index (κ3) is 62.4. The molecule has 0 fully saturated rings. The maximum absolute atomic E-state index is 3.49. The Hall–Kier alpha value is -0.0400. The maximum Gasteiger partial charge on any atom is 0.0265 e. The third-order valence-electron chi connectivity index (χ3n) is 26.1. The Balaban J connectivity index is 7.93. The van der Waals surface area contributed by atoms with Crippen molar-refractivity contribution in [3.05, 3.63) is 0 Å². The molecular weight excluding hydrogens is 1220 g/mol. The van der Waals surface area contributed by atoms with E-state index in [-0.39, 0.29) is 0 Å². The van der Waals surface area contributed by atoms with Crippen molar-refractivity contribution in [2.75, 3.05) is 13.1 Å². The second kappa shape index (κ2) is 82.5. The molecule has 0 aromatic rings. The van der Waals surface area contributed by atoms with Gasteiger partial charge in [0, 0.05) is 5.54 Å². The number of hydrogen-bond acceptors (Lipinski definition) is 1. The van der Waals surface area contributed by atoms with Gasteiger partial charge in [-0.25, -0.2) is 0 Å². The van der Waals surface area contributed by atoms with Crippen LogP contribution in [-0.4, -0.2) is 23.5 Å². The highest BCUT2D eigenvalue weighted by molar-refractivity contribution is 5.06. The van der Waals surface area contributed by atoms with E-state index < -0.39 is 0 Å². The molecule has 1 nitrogen and oxygen atoms in total. The molecule has 0 radical (unpaired) electrons. The quantitative estimate of drug-likeness (QED) is 0.0549. The zero-order valence-electron chi connectivity index (χ0n) is 73.2. The lowest BCUT2D eigenvalue weighted by Crippen LogP contribution is -2.61. The molecule has 1 heteroatoms. The molecule has 0 spiro atoms. The molecule has 0 unspecified atom stereocenters. The van der Waals surface area contributed by atoms with Crippen molar-refractivity contribution in [2.24, 2.45) is 10.8 Å². The molecule has 0 aromatic carbocycles. The lowest BCUT2D eigenvalue weighted by atomic mass is 9.56. The summed E-state index contributed by atoms with van der Waals surface area (Å²) in [6.07, 6.45) is 126. The van der Waals surface area contributed by atoms with Crippen LogP contribution in [0.5, 0.6) is 0 Å². The summed E-state index contributed by atoms with van der Waals surface area (Å²) in [5.41, 5.74) is 1.37. The van der Waals surface area contributed by atoms with E-state index in [9.17, 15) is 0 Å². The predicted octanol–water partition coefficient (Wildman–Crippen LogP) is 37.7. The second-order valence-electron chi connectivity index (χ2n) is 35.6. The molecule has 0 aliphatic heterocycles. The number of unbranched alkanes of at least 4 members (excludes halogenated alkanes) is 67. The molecule has 0 rings (SSSR count). The Labute approximate surface area is 645 Å². The molecule has 0 aliphatic carbocycles. The molecule has 0 N–H and O–H groups in total. The summed E-state index contributed by atoms with van der Waals surface area (Å²) in [5, 5.41) is 0. The average Bonchev–Trinajstić information content (AvgIpc) is 0.751. The van der Waals surface area contributed by atoms with Crippen molar-refractivity contribution in [1.82, 2.24) is 4.90 Å². The number of rotatable bonds is 91. The molecule has 0 heterocycles. The molecule has 0 saturated carbocycles. The molecule has 0 aliphatic rings. The highest BCUT2D eigenvalue weighted by atomic mass is 15.2. The van der Waals surface area contributed by atoms with Crippen LogP contribution >= 0.6 is 0 Å². The molecule has 0 amide bonds. The Morgan fingerprint density at radius 1 is 0.129 bits per heavy atom. The Kier molecular flexibility index (Phi) is 82.4. The fourth-order valence-electron chi connectivity index (χ4n) is 19.2. The summed E-state index contributed by atoms with van der Waals surface area (Å²) in [7, 11) is 0. The number of nitrogens with zero attached hydrogens (tertiary/aromatic N) is 1. The van der Waals surface area contributed by atoms with Crippen LogP contribution in [0.1, 0.15) is 615 Å². The van der Waals surface area contributed by atoms with E-state index in [0.29, 0.717) is 16.4 Å². The van der Waals surface area contributed by atoms with E-state index in [1.54, 1.807) is 32.1 Å². The smallest absolute Gasteiger partial charge is 0.0265 e. The molecule has 0 aromatic heterocycles. The van der Waals surface area contributed by atoms with E-state index in [4.69, 9.17) is 0 Å². The van der Waals surface area contributed by atoms with Crippen LogP contribution in [0.25, 0.3) is 0 Å². The SMILES string of the molecule is CCCCCCCCCCN(CCCCCCCCCC)C(CCCCCCCCCC)(CCCCCCCCCC)C(CCCCCCCCCC)(CCCCCCCCCC)CCCCCCCC(CCCCCCCCCC)(CCCCCCCCCC)CCCCCCCCCC. The lowest BCUT2D eigenvalue weighted by Gasteiger charge is -2.59. The van der Waals surface area contributed by atoms with Gasteiger partial charge >= 0.3 is 0 Å². The van der Waals surface area contributed by atoms with Crippen LogP contribution in [0.15, 0.2) is 0 Å². The molecule has 0 bridgehead atoms. The van der Waals surface area contributed by atoms with E-state index >= 15 is 0 Å². The number of hydrogen-bond donors (Lipinski definition) is 0. The largest absolute Gasteiger partial charge is 0.297 e. The topological polar surface area (TPSA) is 3.24 Å². The summed E-state index contributed by atoms with van der Waals surface area (Å²) in [5.74, 6) is 0. The predicted molar refractivity (Wildman–Crippen MR) is 467 cm³/mol. The first-order chi connectivity index (χ1) is 49.9. The van der Waals surface area contributed by atoms with Crippen LogP contribution in [0.4, 0.5) is 0 Å². The van der Waals surface area contributed by atoms with E-state index in [1.807, 2.05) is 0 Å². The summed E-state index contributed by atoms with van der Waals surface area (Å²) in [6.45, 7) is 24.4. The monoisotopic (exact) mass is 1420 g/mol. The molecular formula is C100H203N. The van der Waals surface area contributed by atoms with Gasteiger partial charge in [-0.3, -0.25) is 4.90 Å². The molecule has 101 heavy (non-hydrogen) atoms. The van der Waals surface area contributed by atoms with Crippen molar-refractivity contribution >= 4 is 0 Å². The van der Waals surface area contributed by atoms with Gasteiger partial charge in [0.05, 0.1) is 0 Å². The van der Waals surface area contributed by atoms with Gasteiger partial charge in [-0.05, 0) is 94.5 Å². The fraction of sp³-hybridized carbons (Fsp3) is 1.00. The minimum Gasteiger partial charge on any atom is -0.297 e. The van der Waals surface area contributed by atoms with Crippen LogP contribution in [0.3, 0.4) is 0 Å². The van der Waals surface area contributed by atoms with Crippen LogP contribution in [-0.2, 0) is 0 Å². The van der Waals surface area contributed by atoms with Gasteiger partial charge in [0.25, 0.3) is 0 Å². The van der Waals surface area contributed by atoms with Crippen molar-refractivity contribution in [2.45, 2.75) is 620 Å². The van der Waals surface area contributed by atoms with Crippen LogP contribution < -0.4 is 0 Å². The van der Waals surface area contributed by atoms with Gasteiger partial charge in [0.15, 0.2) is 0 Å². The zero-order valence-corrected chi connectivity index (χ0v) is 73.2. The molecule has 608 valence electrons. The minimum atomic E-state index is 0.335. The minimum absolute atomic E-state index is 0.335. The van der Waals surface area contributed by atoms with Crippen molar-refractivity contribution in [3.8, 4) is 0 Å². The highest BCUT2D eigenvalue weighted by Crippen LogP contribution is 2.55. The van der Waals surface area contributed by atoms with E-state index in [0.717, 1.165) is 0 Å². The Morgan fingerprint density at radius 2 is 0.257 bits per heavy atom. The first-order valence-corrected chi connectivity index (χ1v) is 49.7. The van der Waals surface area contributed by atoms with Gasteiger partial charge in [-0.2, -0.15) is 0 Å². The third-order valence-corrected chi connectivity index (χ3v) is 26.1. The first kappa shape index (κ1) is 101. The van der Waals surface area contributed by atoms with Gasteiger partial charge in [0.1, 0.15) is 0 Å². The standard InChI is InChI=1S/C100H203N/c1-10-19-28-37-46-55-65-76-87-98(88-77-66-56-47-38-29-20-11-2,89-78-67-57-48-39-30-21-12-3)90-79-68-64-71-82-93-99(91-80-69-58-49-40-31-22-13-4,92-81-70-59-50-41-32-23-14-5)100(94-83-72-60-51-42-33-24-15-6,95-84-73-61-52-43-34-25-16-7)101(96-85-74-62-53-44-35-26-17-8)97-86-75-63-54-45-36-27-18-9/h10-97H2,1-9H3. The van der Waals surface area contributed by atoms with Gasteiger partial charge in [-0.15, -0.1) is 0 Å². The lowest BCUT2D eigenvalue weighted by molar-refractivity contribution is -0.0758. The normalized spacial score (nSPS) is 12.4. The maximum atomic E-state index is 3.49. The van der Waals surface area contributed by atoms with Crippen LogP contribution in [0, 0.1) is 10.8 Å². The highest BCUT2D eigenvalue weighted by Gasteiger charge is 2.52. The summed E-state index contributed by atoms with van der Waals surface area (Å²) in [4.78, 5) is 3.49. The van der Waals surface area contributed by atoms with Gasteiger partial charge < -0.3 is 0 Å². The summed E-state index contributed by atoms with van der Waals surface area (Å²) < 4.78 is 0. The second-order valence-corrected chi connectivity index (χ2v) is 35.6. The van der Waals surface area contributed by atoms with Gasteiger partial charge in [-0.1, -0.05) is 544 Å². The van der Waals surface area contributed by atoms with E-state index in [1.165, 1.54) is 533 Å². The average molecular weight is 1420 g/mol. The summed E-state index contributed by atoms with van der Waals surface area (Å²) >= 11 is 0.